The maximum atomic E-state index is 13.0. The molecule has 0 unspecified atom stereocenters. The number of hydrogen-bond donors (Lipinski definition) is 2. The van der Waals surface area contributed by atoms with Gasteiger partial charge in [0, 0.05) is 22.6 Å². The molecule has 152 valence electrons. The van der Waals surface area contributed by atoms with E-state index in [0.29, 0.717) is 0 Å². The summed E-state index contributed by atoms with van der Waals surface area (Å²) < 4.78 is 0.996. The van der Waals surface area contributed by atoms with Gasteiger partial charge in [-0.05, 0) is 74.2 Å². The Morgan fingerprint density at radius 2 is 1.83 bits per heavy atom. The molecule has 5 nitrogen and oxygen atoms in total. The van der Waals surface area contributed by atoms with E-state index in [4.69, 9.17) is 5.73 Å². The number of amides is 2. The maximum absolute atomic E-state index is 13.0. The molecular formula is C23H26BrN3O2. The van der Waals surface area contributed by atoms with Crippen molar-refractivity contribution in [2.45, 2.75) is 37.6 Å². The van der Waals surface area contributed by atoms with Crippen LogP contribution in [0.2, 0.25) is 0 Å². The van der Waals surface area contributed by atoms with Crippen molar-refractivity contribution in [3.63, 3.8) is 0 Å². The smallest absolute Gasteiger partial charge is 0.235 e. The predicted molar refractivity (Wildman–Crippen MR) is 117 cm³/mol. The van der Waals surface area contributed by atoms with Gasteiger partial charge in [0.1, 0.15) is 0 Å². The Kier molecular flexibility index (Phi) is 5.74. The first-order valence-electron chi connectivity index (χ1n) is 10.1. The van der Waals surface area contributed by atoms with E-state index in [9.17, 15) is 9.59 Å². The lowest BCUT2D eigenvalue weighted by atomic mass is 9.95. The van der Waals surface area contributed by atoms with Gasteiger partial charge in [0.2, 0.25) is 11.8 Å². The average molecular weight is 456 g/mol. The zero-order valence-electron chi connectivity index (χ0n) is 16.4. The number of nitrogens with one attached hydrogen (secondary N) is 1. The van der Waals surface area contributed by atoms with Crippen molar-refractivity contribution in [2.75, 3.05) is 18.4 Å². The molecule has 2 aliphatic rings. The van der Waals surface area contributed by atoms with Crippen molar-refractivity contribution in [3.05, 3.63) is 64.1 Å². The Morgan fingerprint density at radius 3 is 2.48 bits per heavy atom. The average Bonchev–Trinajstić information content (AvgIpc) is 3.51. The first kappa shape index (κ1) is 20.1. The molecule has 4 rings (SSSR count). The van der Waals surface area contributed by atoms with Crippen molar-refractivity contribution in [1.29, 1.82) is 0 Å². The van der Waals surface area contributed by atoms with Crippen LogP contribution in [-0.2, 0) is 21.5 Å². The maximum Gasteiger partial charge on any atom is 0.235 e. The van der Waals surface area contributed by atoms with Gasteiger partial charge in [-0.1, -0.05) is 40.2 Å². The molecule has 1 aliphatic heterocycles. The predicted octanol–water partition coefficient (Wildman–Crippen LogP) is 3.82. The number of carbonyl (C=O) groups is 2. The molecule has 2 fully saturated rings. The fourth-order valence-electron chi connectivity index (χ4n) is 4.19. The minimum atomic E-state index is -0.406. The third-order valence-electron chi connectivity index (χ3n) is 6.14. The summed E-state index contributed by atoms with van der Waals surface area (Å²) in [5.74, 6) is -0.117. The van der Waals surface area contributed by atoms with Gasteiger partial charge in [-0.25, -0.2) is 0 Å². The highest BCUT2D eigenvalue weighted by Gasteiger charge is 2.51. The number of nitrogens with zero attached hydrogens (tertiary/aromatic N) is 1. The number of piperidine rings is 1. The van der Waals surface area contributed by atoms with Crippen molar-refractivity contribution in [3.8, 4) is 0 Å². The van der Waals surface area contributed by atoms with Crippen LogP contribution in [0.1, 0.15) is 36.8 Å². The molecule has 6 heteroatoms. The number of nitrogens with two attached hydrogens (primary N) is 1. The molecule has 1 aliphatic carbocycles. The molecule has 1 saturated carbocycles. The monoisotopic (exact) mass is 455 g/mol. The third-order valence-corrected chi connectivity index (χ3v) is 6.64. The lowest BCUT2D eigenvalue weighted by molar-refractivity contribution is -0.123. The number of carbonyl (C=O) groups excluding carboxylic acids is 2. The lowest BCUT2D eigenvalue weighted by Gasteiger charge is -2.30. The Labute approximate surface area is 179 Å². The largest absolute Gasteiger partial charge is 0.369 e. The number of likely N-dealkylation sites (tertiary alicyclic amines) is 1. The van der Waals surface area contributed by atoms with Gasteiger partial charge in [-0.2, -0.15) is 0 Å². The van der Waals surface area contributed by atoms with E-state index in [0.717, 1.165) is 66.6 Å². The van der Waals surface area contributed by atoms with E-state index in [2.05, 4.69) is 38.3 Å². The normalized spacial score (nSPS) is 18.9. The molecule has 1 heterocycles. The van der Waals surface area contributed by atoms with Crippen LogP contribution >= 0.6 is 15.9 Å². The molecule has 3 N–H and O–H groups in total. The summed E-state index contributed by atoms with van der Waals surface area (Å²) in [5, 5.41) is 3.13. The van der Waals surface area contributed by atoms with Crippen molar-refractivity contribution in [1.82, 2.24) is 4.90 Å². The SMILES string of the molecule is NC(=O)C1CCN(Cc2cccc(NC(=O)C3(c4cccc(Br)c4)CC3)c2)CC1. The molecule has 0 aromatic heterocycles. The van der Waals surface area contributed by atoms with Gasteiger partial charge >= 0.3 is 0 Å². The van der Waals surface area contributed by atoms with Crippen LogP contribution in [0.4, 0.5) is 5.69 Å². The Morgan fingerprint density at radius 1 is 1.10 bits per heavy atom. The molecular weight excluding hydrogens is 430 g/mol. The lowest BCUT2D eigenvalue weighted by Crippen LogP contribution is -2.38. The zero-order chi connectivity index (χ0) is 20.4. The minimum Gasteiger partial charge on any atom is -0.369 e. The van der Waals surface area contributed by atoms with Crippen LogP contribution in [0.5, 0.6) is 0 Å². The zero-order valence-corrected chi connectivity index (χ0v) is 18.0. The summed E-state index contributed by atoms with van der Waals surface area (Å²) in [7, 11) is 0. The molecule has 0 bridgehead atoms. The summed E-state index contributed by atoms with van der Waals surface area (Å²) in [6.45, 7) is 2.55. The first-order valence-corrected chi connectivity index (χ1v) is 10.9. The summed E-state index contributed by atoms with van der Waals surface area (Å²) in [6.07, 6.45) is 3.40. The van der Waals surface area contributed by atoms with Crippen LogP contribution in [0.15, 0.2) is 53.0 Å². The first-order chi connectivity index (χ1) is 14.0. The Hall–Kier alpha value is -2.18. The highest BCUT2D eigenvalue weighted by Crippen LogP contribution is 2.49. The molecule has 0 spiro atoms. The molecule has 0 atom stereocenters. The fraction of sp³-hybridized carbons (Fsp3) is 0.391. The molecule has 0 radical (unpaired) electrons. The van der Waals surface area contributed by atoms with Crippen molar-refractivity contribution < 1.29 is 9.59 Å². The Balaban J connectivity index is 1.39. The molecule has 29 heavy (non-hydrogen) atoms. The van der Waals surface area contributed by atoms with Crippen LogP contribution in [0.3, 0.4) is 0 Å². The number of rotatable bonds is 6. The van der Waals surface area contributed by atoms with E-state index in [1.807, 2.05) is 36.4 Å². The minimum absolute atomic E-state index is 0.00428. The van der Waals surface area contributed by atoms with Crippen LogP contribution in [0.25, 0.3) is 0 Å². The second kappa shape index (κ2) is 8.28. The van der Waals surface area contributed by atoms with Gasteiger partial charge in [0.15, 0.2) is 0 Å². The van der Waals surface area contributed by atoms with Gasteiger partial charge in [-0.15, -0.1) is 0 Å². The van der Waals surface area contributed by atoms with E-state index in [-0.39, 0.29) is 17.7 Å². The van der Waals surface area contributed by atoms with Gasteiger partial charge in [0.25, 0.3) is 0 Å². The van der Waals surface area contributed by atoms with E-state index in [1.54, 1.807) is 0 Å². The van der Waals surface area contributed by atoms with E-state index >= 15 is 0 Å². The van der Waals surface area contributed by atoms with E-state index in [1.165, 1.54) is 0 Å². The van der Waals surface area contributed by atoms with Crippen molar-refractivity contribution >= 4 is 33.4 Å². The second-order valence-corrected chi connectivity index (χ2v) is 9.12. The standard InChI is InChI=1S/C23H26BrN3O2/c24-19-5-2-4-18(14-19)23(9-10-23)22(29)26-20-6-1-3-16(13-20)15-27-11-7-17(8-12-27)21(25)28/h1-6,13-14,17H,7-12,15H2,(H2,25,28)(H,26,29). The highest BCUT2D eigenvalue weighted by atomic mass is 79.9. The van der Waals surface area contributed by atoms with Crippen LogP contribution in [-0.4, -0.2) is 29.8 Å². The number of primary amides is 1. The van der Waals surface area contributed by atoms with Crippen LogP contribution < -0.4 is 11.1 Å². The number of benzene rings is 2. The van der Waals surface area contributed by atoms with E-state index < -0.39 is 5.41 Å². The summed E-state index contributed by atoms with van der Waals surface area (Å²) in [6, 6.07) is 16.1. The van der Waals surface area contributed by atoms with Gasteiger partial charge in [0.05, 0.1) is 5.41 Å². The summed E-state index contributed by atoms with van der Waals surface area (Å²) >= 11 is 3.50. The third kappa shape index (κ3) is 4.54. The summed E-state index contributed by atoms with van der Waals surface area (Å²) in [4.78, 5) is 26.7. The van der Waals surface area contributed by atoms with Gasteiger partial charge < -0.3 is 11.1 Å². The molecule has 2 aromatic rings. The second-order valence-electron chi connectivity index (χ2n) is 8.20. The number of halogens is 1. The number of anilines is 1. The fourth-order valence-corrected chi connectivity index (χ4v) is 4.59. The summed E-state index contributed by atoms with van der Waals surface area (Å²) in [5.41, 5.74) is 8.08. The highest BCUT2D eigenvalue weighted by molar-refractivity contribution is 9.10. The van der Waals surface area contributed by atoms with Crippen molar-refractivity contribution in [2.24, 2.45) is 11.7 Å². The van der Waals surface area contributed by atoms with Gasteiger partial charge in [-0.3, -0.25) is 14.5 Å². The molecule has 1 saturated heterocycles. The molecule has 2 amide bonds. The quantitative estimate of drug-likeness (QED) is 0.694. The number of hydrogen-bond acceptors (Lipinski definition) is 3. The molecule has 2 aromatic carbocycles. The topological polar surface area (TPSA) is 75.4 Å². The van der Waals surface area contributed by atoms with Crippen LogP contribution in [0, 0.1) is 5.92 Å². The Bertz CT molecular complexity index is 918.